The molecule has 0 saturated carbocycles. The van der Waals surface area contributed by atoms with Gasteiger partial charge in [-0.1, -0.05) is 0 Å². The van der Waals surface area contributed by atoms with Gasteiger partial charge in [-0.05, 0) is 43.6 Å². The van der Waals surface area contributed by atoms with Crippen LogP contribution < -0.4 is 5.32 Å². The molecule has 14 heavy (non-hydrogen) atoms. The third-order valence-electron chi connectivity index (χ3n) is 2.95. The maximum atomic E-state index is 5.72. The molecule has 0 bridgehead atoms. The molecule has 0 spiro atoms. The van der Waals surface area contributed by atoms with Gasteiger partial charge in [-0.3, -0.25) is 5.32 Å². The Bertz CT molecular complexity index is 168. The standard InChI is InChI=1S/C10H19NOS.ClH/c1-10(11-4-5-12-10)7-9-3-2-6-13-8-9;/h9,11H,2-8H2,1H3;1H. The highest BCUT2D eigenvalue weighted by molar-refractivity contribution is 7.99. The largest absolute Gasteiger partial charge is 0.360 e. The van der Waals surface area contributed by atoms with Crippen LogP contribution in [-0.2, 0) is 4.74 Å². The fourth-order valence-corrected chi connectivity index (χ4v) is 3.45. The van der Waals surface area contributed by atoms with Crippen LogP contribution in [0, 0.1) is 5.92 Å². The van der Waals surface area contributed by atoms with Gasteiger partial charge in [0.2, 0.25) is 0 Å². The molecule has 2 saturated heterocycles. The van der Waals surface area contributed by atoms with Crippen LogP contribution in [-0.4, -0.2) is 30.4 Å². The van der Waals surface area contributed by atoms with Crippen molar-refractivity contribution in [3.8, 4) is 0 Å². The summed E-state index contributed by atoms with van der Waals surface area (Å²) in [5.74, 6) is 3.57. The van der Waals surface area contributed by atoms with Crippen LogP contribution in [0.15, 0.2) is 0 Å². The van der Waals surface area contributed by atoms with Gasteiger partial charge in [-0.15, -0.1) is 12.4 Å². The summed E-state index contributed by atoms with van der Waals surface area (Å²) in [4.78, 5) is 0. The number of ether oxygens (including phenoxy) is 1. The molecule has 2 atom stereocenters. The molecule has 2 aliphatic heterocycles. The highest BCUT2D eigenvalue weighted by atomic mass is 35.5. The highest BCUT2D eigenvalue weighted by Gasteiger charge is 2.32. The summed E-state index contributed by atoms with van der Waals surface area (Å²) in [6.45, 7) is 4.10. The van der Waals surface area contributed by atoms with Gasteiger partial charge in [-0.25, -0.2) is 0 Å². The molecule has 0 amide bonds. The normalized spacial score (nSPS) is 37.9. The van der Waals surface area contributed by atoms with E-state index in [4.69, 9.17) is 4.74 Å². The lowest BCUT2D eigenvalue weighted by Gasteiger charge is -2.30. The summed E-state index contributed by atoms with van der Waals surface area (Å²) < 4.78 is 5.72. The molecule has 0 radical (unpaired) electrons. The summed E-state index contributed by atoms with van der Waals surface area (Å²) >= 11 is 2.10. The van der Waals surface area contributed by atoms with E-state index in [-0.39, 0.29) is 18.1 Å². The summed E-state index contributed by atoms with van der Waals surface area (Å²) in [6, 6.07) is 0. The van der Waals surface area contributed by atoms with E-state index in [2.05, 4.69) is 24.0 Å². The van der Waals surface area contributed by atoms with Crippen LogP contribution in [0.3, 0.4) is 0 Å². The predicted octanol–water partition coefficient (Wildman–Crippen LogP) is 2.28. The molecule has 0 aliphatic carbocycles. The first-order chi connectivity index (χ1) is 6.29. The monoisotopic (exact) mass is 237 g/mol. The van der Waals surface area contributed by atoms with Gasteiger partial charge in [0.25, 0.3) is 0 Å². The van der Waals surface area contributed by atoms with Crippen LogP contribution >= 0.6 is 24.2 Å². The van der Waals surface area contributed by atoms with Crippen LogP contribution in [0.5, 0.6) is 0 Å². The van der Waals surface area contributed by atoms with E-state index in [0.29, 0.717) is 0 Å². The van der Waals surface area contributed by atoms with Crippen LogP contribution in [0.4, 0.5) is 0 Å². The smallest absolute Gasteiger partial charge is 0.116 e. The van der Waals surface area contributed by atoms with Crippen LogP contribution in [0.25, 0.3) is 0 Å². The SMILES string of the molecule is CC1(CC2CCCSC2)NCCO1.Cl. The Hall–Kier alpha value is 0.560. The maximum absolute atomic E-state index is 5.72. The van der Waals surface area contributed by atoms with Crippen molar-refractivity contribution in [2.45, 2.75) is 31.9 Å². The summed E-state index contributed by atoms with van der Waals surface area (Å²) in [5.41, 5.74) is -0.0113. The summed E-state index contributed by atoms with van der Waals surface area (Å²) in [7, 11) is 0. The number of thioether (sulfide) groups is 1. The molecule has 2 unspecified atom stereocenters. The quantitative estimate of drug-likeness (QED) is 0.796. The van der Waals surface area contributed by atoms with Gasteiger partial charge in [0, 0.05) is 6.54 Å². The molecule has 84 valence electrons. The average Bonchev–Trinajstić information content (AvgIpc) is 2.54. The lowest BCUT2D eigenvalue weighted by molar-refractivity contribution is -0.0122. The number of hydrogen-bond acceptors (Lipinski definition) is 3. The van der Waals surface area contributed by atoms with Crippen molar-refractivity contribution in [3.63, 3.8) is 0 Å². The van der Waals surface area contributed by atoms with Crippen molar-refractivity contribution in [2.75, 3.05) is 24.7 Å². The van der Waals surface area contributed by atoms with E-state index in [1.807, 2.05) is 0 Å². The molecule has 0 aromatic heterocycles. The first-order valence-electron chi connectivity index (χ1n) is 5.25. The molecule has 2 aliphatic rings. The van der Waals surface area contributed by atoms with E-state index in [9.17, 15) is 0 Å². The number of nitrogens with one attached hydrogen (secondary N) is 1. The highest BCUT2D eigenvalue weighted by Crippen LogP contribution is 2.30. The van der Waals surface area contributed by atoms with Crippen LogP contribution in [0.1, 0.15) is 26.2 Å². The fraction of sp³-hybridized carbons (Fsp3) is 1.00. The van der Waals surface area contributed by atoms with Gasteiger partial charge >= 0.3 is 0 Å². The van der Waals surface area contributed by atoms with Gasteiger partial charge in [0.05, 0.1) is 6.61 Å². The molecular formula is C10H20ClNOS. The summed E-state index contributed by atoms with van der Waals surface area (Å²) in [5, 5.41) is 3.45. The maximum Gasteiger partial charge on any atom is 0.116 e. The van der Waals surface area contributed by atoms with E-state index >= 15 is 0 Å². The Balaban J connectivity index is 0.000000980. The van der Waals surface area contributed by atoms with E-state index < -0.39 is 0 Å². The fourth-order valence-electron chi connectivity index (χ4n) is 2.29. The van der Waals surface area contributed by atoms with Gasteiger partial charge in [-0.2, -0.15) is 11.8 Å². The molecule has 2 nitrogen and oxygen atoms in total. The minimum atomic E-state index is -0.0113. The Morgan fingerprint density at radius 3 is 3.00 bits per heavy atom. The number of rotatable bonds is 2. The predicted molar refractivity (Wildman–Crippen MR) is 64.3 cm³/mol. The van der Waals surface area contributed by atoms with Crippen molar-refractivity contribution >= 4 is 24.2 Å². The molecule has 4 heteroatoms. The first kappa shape index (κ1) is 12.6. The van der Waals surface area contributed by atoms with Crippen molar-refractivity contribution in [3.05, 3.63) is 0 Å². The van der Waals surface area contributed by atoms with Crippen LogP contribution in [0.2, 0.25) is 0 Å². The minimum Gasteiger partial charge on any atom is -0.360 e. The van der Waals surface area contributed by atoms with Crippen molar-refractivity contribution in [1.82, 2.24) is 5.32 Å². The zero-order chi connectivity index (χ0) is 9.15. The Morgan fingerprint density at radius 2 is 2.43 bits per heavy atom. The Kier molecular flexibility index (Phi) is 5.04. The van der Waals surface area contributed by atoms with Gasteiger partial charge in [0.15, 0.2) is 0 Å². The second-order valence-electron chi connectivity index (χ2n) is 4.29. The molecule has 0 aromatic carbocycles. The molecule has 2 rings (SSSR count). The van der Waals surface area contributed by atoms with E-state index in [0.717, 1.165) is 19.1 Å². The molecular weight excluding hydrogens is 218 g/mol. The van der Waals surface area contributed by atoms with E-state index in [1.165, 1.54) is 30.8 Å². The second kappa shape index (κ2) is 5.59. The van der Waals surface area contributed by atoms with Crippen molar-refractivity contribution < 1.29 is 4.74 Å². The topological polar surface area (TPSA) is 21.3 Å². The third-order valence-corrected chi connectivity index (χ3v) is 4.24. The third kappa shape index (κ3) is 3.30. The summed E-state index contributed by atoms with van der Waals surface area (Å²) in [6.07, 6.45) is 3.99. The minimum absolute atomic E-state index is 0. The van der Waals surface area contributed by atoms with Gasteiger partial charge < -0.3 is 4.74 Å². The average molecular weight is 238 g/mol. The Morgan fingerprint density at radius 1 is 1.57 bits per heavy atom. The van der Waals surface area contributed by atoms with Crippen molar-refractivity contribution in [1.29, 1.82) is 0 Å². The first-order valence-corrected chi connectivity index (χ1v) is 6.41. The second-order valence-corrected chi connectivity index (χ2v) is 5.44. The van der Waals surface area contributed by atoms with Gasteiger partial charge in [0.1, 0.15) is 5.72 Å². The number of halogens is 1. The Labute approximate surface area is 97.0 Å². The zero-order valence-corrected chi connectivity index (χ0v) is 10.4. The molecule has 2 fully saturated rings. The molecule has 2 heterocycles. The lowest BCUT2D eigenvalue weighted by Crippen LogP contribution is -2.40. The van der Waals surface area contributed by atoms with Crippen molar-refractivity contribution in [2.24, 2.45) is 5.92 Å². The lowest BCUT2D eigenvalue weighted by atomic mass is 9.95. The zero-order valence-electron chi connectivity index (χ0n) is 8.75. The molecule has 1 N–H and O–H groups in total. The molecule has 0 aromatic rings. The van der Waals surface area contributed by atoms with E-state index in [1.54, 1.807) is 0 Å². The number of hydrogen-bond donors (Lipinski definition) is 1.